The number of carbonyl (C=O) groups is 4. The Hall–Kier alpha value is -8.42. The molecule has 0 saturated heterocycles. The smallest absolute Gasteiger partial charge is 0.261 e. The van der Waals surface area contributed by atoms with Gasteiger partial charge in [0.2, 0.25) is 0 Å². The third kappa shape index (κ3) is 11.0. The van der Waals surface area contributed by atoms with Gasteiger partial charge in [0.05, 0.1) is 58.3 Å². The minimum atomic E-state index is -0.235. The highest BCUT2D eigenvalue weighted by Crippen LogP contribution is 2.32. The predicted octanol–water partition coefficient (Wildman–Crippen LogP) is 10.9. The Morgan fingerprint density at radius 1 is 0.524 bits per heavy atom. The van der Waals surface area contributed by atoms with E-state index in [1.165, 1.54) is 0 Å². The minimum Gasteiger partial charge on any atom is -0.355 e. The van der Waals surface area contributed by atoms with Crippen molar-refractivity contribution in [1.29, 1.82) is 0 Å². The van der Waals surface area contributed by atoms with Crippen molar-refractivity contribution in [2.45, 2.75) is 64.7 Å². The highest BCUT2D eigenvalue weighted by atomic mass is 79.9. The van der Waals surface area contributed by atoms with Gasteiger partial charge >= 0.3 is 0 Å². The predicted molar refractivity (Wildman–Crippen MR) is 331 cm³/mol. The Kier molecular flexibility index (Phi) is 16.4. The van der Waals surface area contributed by atoms with E-state index < -0.39 is 0 Å². The van der Waals surface area contributed by atoms with Gasteiger partial charge in [0.15, 0.2) is 0 Å². The Bertz CT molecular complexity index is 4080. The number of hydrogen-bond donors (Lipinski definition) is 2. The van der Waals surface area contributed by atoms with Gasteiger partial charge in [-0.15, -0.1) is 0 Å². The molecule has 2 aliphatic heterocycles. The SMILES string of the molecule is CNC(=O)c1ccc(-n2c(=O)c3c(n4ncc(Cc5ccccc5)c24)CN(C(=O)c2ccc(Br)c(Cl)c2)[C@@H](C)C3)cc1.CNC(=O)c1ccc(-n2c(=O)c3c(n4ncc(Cc5ccccc5)c24)CN(C(=O)c2ccc(Br)c(Cl)c2)[C@H](C)C3)cc1. The lowest BCUT2D eigenvalue weighted by Crippen LogP contribution is -2.46. The van der Waals surface area contributed by atoms with Gasteiger partial charge in [-0.25, -0.2) is 9.03 Å². The maximum atomic E-state index is 14.3. The zero-order valence-corrected chi connectivity index (χ0v) is 50.6. The summed E-state index contributed by atoms with van der Waals surface area (Å²) in [6.07, 6.45) is 5.44. The molecule has 4 aromatic heterocycles. The van der Waals surface area contributed by atoms with E-state index in [-0.39, 0.29) is 59.9 Å². The molecule has 6 aromatic carbocycles. The first-order valence-corrected chi connectivity index (χ1v) is 29.4. The third-order valence-corrected chi connectivity index (χ3v) is 17.9. The average molecular weight is 1290 g/mol. The average Bonchev–Trinajstić information content (AvgIpc) is 1.57. The maximum Gasteiger partial charge on any atom is 0.261 e. The molecule has 20 heteroatoms. The summed E-state index contributed by atoms with van der Waals surface area (Å²) in [5.41, 5.74) is 10.6. The first kappa shape index (κ1) is 57.4. The van der Waals surface area contributed by atoms with Gasteiger partial charge in [-0.1, -0.05) is 83.9 Å². The number of fused-ring (bicyclic) bond motifs is 6. The molecule has 0 spiro atoms. The number of benzene rings is 6. The van der Waals surface area contributed by atoms with Gasteiger partial charge in [0.25, 0.3) is 34.7 Å². The summed E-state index contributed by atoms with van der Waals surface area (Å²) in [6.45, 7) is 4.32. The van der Waals surface area contributed by atoms with Gasteiger partial charge in [0.1, 0.15) is 11.3 Å². The van der Waals surface area contributed by atoms with Crippen LogP contribution in [0.15, 0.2) is 177 Å². The number of hydrogen-bond acceptors (Lipinski definition) is 8. The lowest BCUT2D eigenvalue weighted by atomic mass is 9.98. The number of amides is 4. The van der Waals surface area contributed by atoms with Crippen molar-refractivity contribution in [3.8, 4) is 11.4 Å². The minimum absolute atomic E-state index is 0.161. The van der Waals surface area contributed by atoms with Crippen molar-refractivity contribution in [2.75, 3.05) is 14.1 Å². The van der Waals surface area contributed by atoms with Crippen molar-refractivity contribution in [3.63, 3.8) is 0 Å². The van der Waals surface area contributed by atoms with Crippen molar-refractivity contribution in [2.24, 2.45) is 0 Å². The van der Waals surface area contributed by atoms with Crippen LogP contribution in [0, 0.1) is 0 Å². The molecule has 0 aliphatic carbocycles. The van der Waals surface area contributed by atoms with E-state index in [2.05, 4.69) is 42.5 Å². The van der Waals surface area contributed by atoms with Gasteiger partial charge in [0, 0.05) is 92.5 Å². The van der Waals surface area contributed by atoms with E-state index in [0.29, 0.717) is 112 Å². The van der Waals surface area contributed by atoms with E-state index in [1.54, 1.807) is 139 Å². The molecule has 424 valence electrons. The zero-order valence-electron chi connectivity index (χ0n) is 45.9. The quantitative estimate of drug-likeness (QED) is 0.136. The molecule has 4 amide bonds. The van der Waals surface area contributed by atoms with Crippen LogP contribution < -0.4 is 21.8 Å². The van der Waals surface area contributed by atoms with Crippen LogP contribution in [0.3, 0.4) is 0 Å². The highest BCUT2D eigenvalue weighted by Gasteiger charge is 2.35. The Morgan fingerprint density at radius 3 is 1.23 bits per heavy atom. The second-order valence-electron chi connectivity index (χ2n) is 20.7. The fourth-order valence-electron chi connectivity index (χ4n) is 11.1. The van der Waals surface area contributed by atoms with Crippen LogP contribution in [0.5, 0.6) is 0 Å². The van der Waals surface area contributed by atoms with Crippen LogP contribution >= 0.6 is 55.1 Å². The number of rotatable bonds is 10. The van der Waals surface area contributed by atoms with Gasteiger partial charge < -0.3 is 20.4 Å². The number of nitrogens with one attached hydrogen (secondary N) is 2. The standard InChI is InChI=1S/2C32H27BrClN5O3/c2*1-19-14-25-28(18-37(19)31(41)22-10-13-26(33)27(34)16-22)39-30(23(17-36-39)15-20-6-4-3-5-7-20)38(32(25)42)24-11-8-21(9-12-24)29(40)35-2/h2*3-13,16-17,19H,14-15,18H2,1-2H3,(H,35,40)/t2*19-/m10/s1. The fourth-order valence-corrected chi connectivity index (χ4v) is 11.9. The number of aromatic nitrogens is 6. The molecule has 0 unspecified atom stereocenters. The zero-order chi connectivity index (χ0) is 59.1. The van der Waals surface area contributed by atoms with Crippen molar-refractivity contribution >= 4 is 90.0 Å². The summed E-state index contributed by atoms with van der Waals surface area (Å²) in [7, 11) is 3.16. The molecule has 2 N–H and O–H groups in total. The summed E-state index contributed by atoms with van der Waals surface area (Å²) in [5, 5.41) is 15.7. The summed E-state index contributed by atoms with van der Waals surface area (Å²) >= 11 is 19.4. The first-order valence-electron chi connectivity index (χ1n) is 27.0. The van der Waals surface area contributed by atoms with Crippen molar-refractivity contribution < 1.29 is 19.2 Å². The molecule has 84 heavy (non-hydrogen) atoms. The molecular weight excluding hydrogens is 1240 g/mol. The van der Waals surface area contributed by atoms with Crippen LogP contribution in [0.2, 0.25) is 10.0 Å². The maximum absolute atomic E-state index is 14.3. The molecule has 12 rings (SSSR count). The molecule has 0 bridgehead atoms. The molecule has 2 aliphatic rings. The topological polar surface area (TPSA) is 177 Å². The Labute approximate surface area is 509 Å². The second kappa shape index (κ2) is 24.0. The molecular formula is C64H54Br2Cl2N10O6. The summed E-state index contributed by atoms with van der Waals surface area (Å²) in [6, 6.07) is 43.7. The summed E-state index contributed by atoms with van der Waals surface area (Å²) < 4.78 is 8.37. The Balaban J connectivity index is 0.000000175. The molecule has 0 fully saturated rings. The first-order chi connectivity index (χ1) is 40.5. The normalized spacial score (nSPS) is 14.6. The molecule has 16 nitrogen and oxygen atoms in total. The lowest BCUT2D eigenvalue weighted by molar-refractivity contribution is 0.0643. The Morgan fingerprint density at radius 2 is 0.881 bits per heavy atom. The molecule has 6 heterocycles. The largest absolute Gasteiger partial charge is 0.355 e. The van der Waals surface area contributed by atoms with Crippen LogP contribution in [0.4, 0.5) is 0 Å². The van der Waals surface area contributed by atoms with Crippen LogP contribution in [-0.2, 0) is 38.8 Å². The number of carbonyl (C=O) groups excluding carboxylic acids is 4. The van der Waals surface area contributed by atoms with Crippen LogP contribution in [0.25, 0.3) is 22.7 Å². The van der Waals surface area contributed by atoms with Crippen LogP contribution in [0.1, 0.15) is 100 Å². The van der Waals surface area contributed by atoms with Crippen LogP contribution in [-0.4, -0.2) is 88.0 Å². The van der Waals surface area contributed by atoms with E-state index >= 15 is 0 Å². The number of halogens is 4. The molecule has 10 aromatic rings. The van der Waals surface area contributed by atoms with E-state index in [4.69, 9.17) is 33.4 Å². The fraction of sp³-hybridized carbons (Fsp3) is 0.188. The third-order valence-electron chi connectivity index (χ3n) is 15.5. The second-order valence-corrected chi connectivity index (χ2v) is 23.3. The van der Waals surface area contributed by atoms with E-state index in [1.807, 2.05) is 74.5 Å². The van der Waals surface area contributed by atoms with Gasteiger partial charge in [-0.2, -0.15) is 10.2 Å². The molecule has 0 radical (unpaired) electrons. The molecule has 2 atom stereocenters. The van der Waals surface area contributed by atoms with Crippen molar-refractivity contribution in [1.82, 2.24) is 48.8 Å². The lowest BCUT2D eigenvalue weighted by Gasteiger charge is -2.35. The highest BCUT2D eigenvalue weighted by molar-refractivity contribution is 9.10. The van der Waals surface area contributed by atoms with Gasteiger partial charge in [-0.05, 0) is 155 Å². The van der Waals surface area contributed by atoms with E-state index in [9.17, 15) is 28.8 Å². The summed E-state index contributed by atoms with van der Waals surface area (Å²) in [5.74, 6) is -0.740. The monoisotopic (exact) mass is 1290 g/mol. The van der Waals surface area contributed by atoms with Crippen molar-refractivity contribution in [3.05, 3.63) is 265 Å². The van der Waals surface area contributed by atoms with Gasteiger partial charge in [-0.3, -0.25) is 37.9 Å². The summed E-state index contributed by atoms with van der Waals surface area (Å²) in [4.78, 5) is 83.8. The van der Waals surface area contributed by atoms with E-state index in [0.717, 1.165) is 22.3 Å². The number of nitrogens with zero attached hydrogens (tertiary/aromatic N) is 8. The molecule has 0 saturated carbocycles.